The zero-order valence-corrected chi connectivity index (χ0v) is 22.1. The fraction of sp³-hybridized carbons (Fsp3) is 0.296. The van der Waals surface area contributed by atoms with Crippen molar-refractivity contribution in [3.63, 3.8) is 0 Å². The van der Waals surface area contributed by atoms with Crippen molar-refractivity contribution in [3.05, 3.63) is 75.7 Å². The molecule has 0 spiro atoms. The van der Waals surface area contributed by atoms with Gasteiger partial charge in [0.1, 0.15) is 28.4 Å². The first-order valence-electron chi connectivity index (χ1n) is 12.2. The number of carbonyl (C=O) groups is 3. The lowest BCUT2D eigenvalue weighted by molar-refractivity contribution is 0.0589. The van der Waals surface area contributed by atoms with Gasteiger partial charge in [0, 0.05) is 43.2 Å². The minimum atomic E-state index is -0.482. The lowest BCUT2D eigenvalue weighted by atomic mass is 9.96. The average molecular weight is 534 g/mol. The fourth-order valence-corrected chi connectivity index (χ4v) is 5.59. The zero-order chi connectivity index (χ0) is 26.8. The molecule has 1 saturated heterocycles. The number of aryl methyl sites for hydroxylation is 2. The van der Waals surface area contributed by atoms with Crippen molar-refractivity contribution >= 4 is 34.8 Å². The van der Waals surface area contributed by atoms with E-state index in [0.717, 1.165) is 23.4 Å². The molecule has 1 aliphatic rings. The molecule has 2 amide bonds. The summed E-state index contributed by atoms with van der Waals surface area (Å²) in [6, 6.07) is 11.1. The van der Waals surface area contributed by atoms with Crippen molar-refractivity contribution in [1.82, 2.24) is 19.6 Å². The number of nitrogens with zero attached hydrogens (tertiary/aromatic N) is 4. The highest BCUT2D eigenvalue weighted by molar-refractivity contribution is 7.10. The highest BCUT2D eigenvalue weighted by Crippen LogP contribution is 2.33. The Hall–Kier alpha value is -4.25. The minimum absolute atomic E-state index is 0.0885. The standard InChI is InChI=1S/C27H27N5O5S/c1-16-22(23(30-37-16)17-7-5-4-6-8-17)26(34)32-11-9-18(10-12-32)25-29-20(15-38-25)24(33)28-19-13-21(27(35)36-3)31(2)14-19/h4-8,13-15,18H,9-12H2,1-3H3,(H,28,33). The number of thiazole rings is 1. The van der Waals surface area contributed by atoms with Crippen molar-refractivity contribution in [1.29, 1.82) is 0 Å². The molecular formula is C27H27N5O5S. The van der Waals surface area contributed by atoms with Gasteiger partial charge in [-0.1, -0.05) is 35.5 Å². The number of amides is 2. The first kappa shape index (κ1) is 25.4. The zero-order valence-electron chi connectivity index (χ0n) is 21.3. The number of aromatic nitrogens is 3. The molecule has 1 N–H and O–H groups in total. The maximum Gasteiger partial charge on any atom is 0.354 e. The monoisotopic (exact) mass is 533 g/mol. The van der Waals surface area contributed by atoms with Crippen LogP contribution < -0.4 is 5.32 Å². The van der Waals surface area contributed by atoms with E-state index in [9.17, 15) is 14.4 Å². The SMILES string of the molecule is COC(=O)c1cc(NC(=O)c2csc(C3CCN(C(=O)c4c(-c5ccccc5)noc4C)CC3)n2)cn1C. The van der Waals surface area contributed by atoms with E-state index in [1.165, 1.54) is 18.4 Å². The average Bonchev–Trinajstić information content (AvgIpc) is 3.67. The molecule has 11 heteroatoms. The van der Waals surface area contributed by atoms with Crippen molar-refractivity contribution in [2.75, 3.05) is 25.5 Å². The van der Waals surface area contributed by atoms with Gasteiger partial charge in [0.05, 0.1) is 17.8 Å². The Kier molecular flexibility index (Phi) is 7.10. The first-order chi connectivity index (χ1) is 18.4. The molecule has 4 aromatic rings. The van der Waals surface area contributed by atoms with Gasteiger partial charge in [0.25, 0.3) is 11.8 Å². The van der Waals surface area contributed by atoms with E-state index in [1.807, 2.05) is 35.2 Å². The maximum atomic E-state index is 13.4. The van der Waals surface area contributed by atoms with Gasteiger partial charge in [0.2, 0.25) is 0 Å². The highest BCUT2D eigenvalue weighted by Gasteiger charge is 2.31. The summed E-state index contributed by atoms with van der Waals surface area (Å²) in [7, 11) is 3.01. The summed E-state index contributed by atoms with van der Waals surface area (Å²) in [6.07, 6.45) is 3.13. The van der Waals surface area contributed by atoms with E-state index in [1.54, 1.807) is 36.2 Å². The van der Waals surface area contributed by atoms with E-state index in [2.05, 4.69) is 15.5 Å². The van der Waals surface area contributed by atoms with E-state index in [-0.39, 0.29) is 17.7 Å². The van der Waals surface area contributed by atoms with Crippen LogP contribution in [0.4, 0.5) is 5.69 Å². The Balaban J connectivity index is 1.22. The molecule has 0 bridgehead atoms. The molecule has 0 unspecified atom stereocenters. The lowest BCUT2D eigenvalue weighted by Crippen LogP contribution is -2.38. The number of methoxy groups -OCH3 is 1. The van der Waals surface area contributed by atoms with Crippen LogP contribution >= 0.6 is 11.3 Å². The van der Waals surface area contributed by atoms with Crippen LogP contribution in [-0.4, -0.2) is 57.6 Å². The molecule has 196 valence electrons. The van der Waals surface area contributed by atoms with Crippen molar-refractivity contribution in [3.8, 4) is 11.3 Å². The third-order valence-electron chi connectivity index (χ3n) is 6.67. The number of rotatable bonds is 6. The van der Waals surface area contributed by atoms with Crippen molar-refractivity contribution in [2.24, 2.45) is 7.05 Å². The largest absolute Gasteiger partial charge is 0.464 e. The number of ether oxygens (including phenoxy) is 1. The van der Waals surface area contributed by atoms with Gasteiger partial charge in [0.15, 0.2) is 0 Å². The van der Waals surface area contributed by atoms with E-state index < -0.39 is 5.97 Å². The van der Waals surface area contributed by atoms with Crippen molar-refractivity contribution < 1.29 is 23.6 Å². The molecule has 4 heterocycles. The Morgan fingerprint density at radius 2 is 1.89 bits per heavy atom. The molecule has 0 saturated carbocycles. The summed E-state index contributed by atoms with van der Waals surface area (Å²) in [5.74, 6) is -0.258. The number of hydrogen-bond donors (Lipinski definition) is 1. The number of nitrogens with one attached hydrogen (secondary N) is 1. The second-order valence-electron chi connectivity index (χ2n) is 9.14. The summed E-state index contributed by atoms with van der Waals surface area (Å²) in [4.78, 5) is 44.4. The fourth-order valence-electron chi connectivity index (χ4n) is 4.62. The van der Waals surface area contributed by atoms with E-state index >= 15 is 0 Å². The quantitative estimate of drug-likeness (QED) is 0.362. The van der Waals surface area contributed by atoms with Crippen LogP contribution in [0.5, 0.6) is 0 Å². The van der Waals surface area contributed by atoms with Crippen LogP contribution in [0, 0.1) is 6.92 Å². The Bertz CT molecular complexity index is 1480. The van der Waals surface area contributed by atoms with Gasteiger partial charge in [-0.2, -0.15) is 0 Å². The van der Waals surface area contributed by atoms with Gasteiger partial charge in [-0.05, 0) is 25.8 Å². The normalized spacial score (nSPS) is 13.9. The van der Waals surface area contributed by atoms with Gasteiger partial charge in [-0.25, -0.2) is 9.78 Å². The molecular weight excluding hydrogens is 506 g/mol. The molecule has 38 heavy (non-hydrogen) atoms. The Morgan fingerprint density at radius 1 is 1.16 bits per heavy atom. The first-order valence-corrected chi connectivity index (χ1v) is 13.1. The molecule has 0 atom stereocenters. The number of hydrogen-bond acceptors (Lipinski definition) is 8. The molecule has 5 rings (SSSR count). The van der Waals surface area contributed by atoms with Gasteiger partial charge in [-0.15, -0.1) is 11.3 Å². The summed E-state index contributed by atoms with van der Waals surface area (Å²) < 4.78 is 11.7. The number of anilines is 1. The van der Waals surface area contributed by atoms with Crippen LogP contribution in [0.2, 0.25) is 0 Å². The third-order valence-corrected chi connectivity index (χ3v) is 7.67. The van der Waals surface area contributed by atoms with Crippen LogP contribution in [0.1, 0.15) is 60.9 Å². The number of benzene rings is 1. The number of likely N-dealkylation sites (tertiary alicyclic amines) is 1. The summed E-state index contributed by atoms with van der Waals surface area (Å²) in [6.45, 7) is 2.90. The molecule has 0 aliphatic carbocycles. The molecule has 1 fully saturated rings. The lowest BCUT2D eigenvalue weighted by Gasteiger charge is -2.31. The second kappa shape index (κ2) is 10.6. The Morgan fingerprint density at radius 3 is 2.61 bits per heavy atom. The van der Waals surface area contributed by atoms with Crippen LogP contribution in [0.15, 0.2) is 52.5 Å². The molecule has 3 aromatic heterocycles. The topological polar surface area (TPSA) is 120 Å². The maximum absolute atomic E-state index is 13.4. The van der Waals surface area contributed by atoms with Crippen LogP contribution in [0.3, 0.4) is 0 Å². The van der Waals surface area contributed by atoms with E-state index in [0.29, 0.717) is 47.2 Å². The summed E-state index contributed by atoms with van der Waals surface area (Å²) >= 11 is 1.44. The van der Waals surface area contributed by atoms with Gasteiger partial charge >= 0.3 is 5.97 Å². The predicted octanol–water partition coefficient (Wildman–Crippen LogP) is 4.50. The third kappa shape index (κ3) is 4.97. The molecule has 1 aliphatic heterocycles. The van der Waals surface area contributed by atoms with Crippen molar-refractivity contribution in [2.45, 2.75) is 25.7 Å². The van der Waals surface area contributed by atoms with E-state index in [4.69, 9.17) is 9.26 Å². The molecule has 10 nitrogen and oxygen atoms in total. The number of esters is 1. The predicted molar refractivity (Wildman–Crippen MR) is 141 cm³/mol. The van der Waals surface area contributed by atoms with Crippen LogP contribution in [-0.2, 0) is 11.8 Å². The number of piperidine rings is 1. The Labute approximate surface area is 223 Å². The molecule has 0 radical (unpaired) electrons. The smallest absolute Gasteiger partial charge is 0.354 e. The minimum Gasteiger partial charge on any atom is -0.464 e. The van der Waals surface area contributed by atoms with Crippen LogP contribution in [0.25, 0.3) is 11.3 Å². The van der Waals surface area contributed by atoms with Gasteiger partial charge in [-0.3, -0.25) is 9.59 Å². The van der Waals surface area contributed by atoms with Gasteiger partial charge < -0.3 is 24.0 Å². The summed E-state index contributed by atoms with van der Waals surface area (Å²) in [5.41, 5.74) is 3.04. The number of carbonyl (C=O) groups excluding carboxylic acids is 3. The highest BCUT2D eigenvalue weighted by atomic mass is 32.1. The molecule has 1 aromatic carbocycles. The summed E-state index contributed by atoms with van der Waals surface area (Å²) in [5, 5.41) is 9.53. The second-order valence-corrected chi connectivity index (χ2v) is 10.0.